The van der Waals surface area contributed by atoms with Crippen molar-refractivity contribution in [2.75, 3.05) is 0 Å². The first kappa shape index (κ1) is 16.2. The van der Waals surface area contributed by atoms with Crippen LogP contribution in [0.15, 0.2) is 71.6 Å². The fourth-order valence-electron chi connectivity index (χ4n) is 2.78. The summed E-state index contributed by atoms with van der Waals surface area (Å²) in [6.45, 7) is 1.80. The van der Waals surface area contributed by atoms with Gasteiger partial charge in [-0.05, 0) is 35.4 Å². The molecular formula is C19H16N2O2S. The maximum atomic E-state index is 12.7. The van der Waals surface area contributed by atoms with E-state index in [1.807, 2.05) is 48.5 Å². The van der Waals surface area contributed by atoms with Gasteiger partial charge in [-0.3, -0.25) is 0 Å². The van der Waals surface area contributed by atoms with E-state index in [1.54, 1.807) is 19.1 Å². The van der Waals surface area contributed by atoms with E-state index < -0.39 is 16.1 Å². The Morgan fingerprint density at radius 3 is 2.42 bits per heavy atom. The molecular weight excluding hydrogens is 320 g/mol. The van der Waals surface area contributed by atoms with Crippen LogP contribution in [0.25, 0.3) is 10.8 Å². The van der Waals surface area contributed by atoms with Gasteiger partial charge in [-0.15, -0.1) is 0 Å². The summed E-state index contributed by atoms with van der Waals surface area (Å²) in [7, 11) is -3.79. The third kappa shape index (κ3) is 3.02. The Morgan fingerprint density at radius 2 is 1.62 bits per heavy atom. The van der Waals surface area contributed by atoms with Crippen molar-refractivity contribution >= 4 is 20.8 Å². The second kappa shape index (κ2) is 6.44. The fraction of sp³-hybridized carbons (Fsp3) is 0.105. The highest BCUT2D eigenvalue weighted by atomic mass is 32.2. The quantitative estimate of drug-likeness (QED) is 0.789. The molecule has 3 aromatic carbocycles. The Bertz CT molecular complexity index is 1030. The Hall–Kier alpha value is -2.68. The van der Waals surface area contributed by atoms with E-state index in [-0.39, 0.29) is 10.5 Å². The molecule has 0 fully saturated rings. The van der Waals surface area contributed by atoms with Crippen LogP contribution in [-0.4, -0.2) is 8.42 Å². The topological polar surface area (TPSA) is 70.0 Å². The lowest BCUT2D eigenvalue weighted by Crippen LogP contribution is -2.27. The van der Waals surface area contributed by atoms with Gasteiger partial charge in [0, 0.05) is 6.04 Å². The second-order valence-corrected chi connectivity index (χ2v) is 7.20. The summed E-state index contributed by atoms with van der Waals surface area (Å²) in [6.07, 6.45) is 0. The molecule has 0 aromatic heterocycles. The molecule has 24 heavy (non-hydrogen) atoms. The van der Waals surface area contributed by atoms with Crippen LogP contribution >= 0.6 is 0 Å². The molecule has 1 N–H and O–H groups in total. The smallest absolute Gasteiger partial charge is 0.207 e. The fourth-order valence-corrected chi connectivity index (χ4v) is 4.16. The third-order valence-electron chi connectivity index (χ3n) is 3.92. The molecule has 5 heteroatoms. The molecule has 0 aliphatic heterocycles. The summed E-state index contributed by atoms with van der Waals surface area (Å²) in [4.78, 5) is -0.000383. The molecule has 3 aromatic rings. The maximum absolute atomic E-state index is 12.7. The van der Waals surface area contributed by atoms with E-state index in [0.29, 0.717) is 0 Å². The molecule has 0 radical (unpaired) electrons. The zero-order valence-corrected chi connectivity index (χ0v) is 13.9. The predicted molar refractivity (Wildman–Crippen MR) is 93.8 cm³/mol. The van der Waals surface area contributed by atoms with Crippen molar-refractivity contribution in [3.8, 4) is 6.07 Å². The van der Waals surface area contributed by atoms with Crippen molar-refractivity contribution in [1.82, 2.24) is 4.72 Å². The van der Waals surface area contributed by atoms with Crippen LogP contribution < -0.4 is 4.72 Å². The van der Waals surface area contributed by atoms with Gasteiger partial charge >= 0.3 is 0 Å². The monoisotopic (exact) mass is 336 g/mol. The normalized spacial score (nSPS) is 12.7. The zero-order chi connectivity index (χ0) is 17.2. The highest BCUT2D eigenvalue weighted by molar-refractivity contribution is 7.89. The number of nitrogens with one attached hydrogen (secondary N) is 1. The maximum Gasteiger partial charge on any atom is 0.242 e. The Morgan fingerprint density at radius 1 is 0.958 bits per heavy atom. The van der Waals surface area contributed by atoms with Crippen molar-refractivity contribution in [2.24, 2.45) is 0 Å². The molecule has 0 spiro atoms. The number of fused-ring (bicyclic) bond motifs is 1. The molecule has 0 unspecified atom stereocenters. The van der Waals surface area contributed by atoms with Crippen LogP contribution in [-0.2, 0) is 10.0 Å². The first-order valence-corrected chi connectivity index (χ1v) is 9.00. The number of hydrogen-bond acceptors (Lipinski definition) is 3. The van der Waals surface area contributed by atoms with Crippen LogP contribution in [0.5, 0.6) is 0 Å². The lowest BCUT2D eigenvalue weighted by molar-refractivity contribution is 0.567. The first-order valence-electron chi connectivity index (χ1n) is 7.52. The molecule has 0 heterocycles. The number of hydrogen-bond donors (Lipinski definition) is 1. The van der Waals surface area contributed by atoms with Gasteiger partial charge in [0.05, 0.1) is 10.5 Å². The SMILES string of the molecule is C[C@H](NS(=O)(=O)c1ccccc1C#N)c1cccc2ccccc12. The molecule has 0 bridgehead atoms. The van der Waals surface area contributed by atoms with Gasteiger partial charge in [-0.2, -0.15) is 5.26 Å². The highest BCUT2D eigenvalue weighted by Gasteiger charge is 2.22. The van der Waals surface area contributed by atoms with Gasteiger partial charge in [0.2, 0.25) is 10.0 Å². The summed E-state index contributed by atoms with van der Waals surface area (Å²) >= 11 is 0. The van der Waals surface area contributed by atoms with Gasteiger partial charge in [-0.25, -0.2) is 13.1 Å². The van der Waals surface area contributed by atoms with Crippen molar-refractivity contribution in [3.63, 3.8) is 0 Å². The number of nitrogens with zero attached hydrogens (tertiary/aromatic N) is 1. The van der Waals surface area contributed by atoms with E-state index in [4.69, 9.17) is 5.26 Å². The second-order valence-electron chi connectivity index (χ2n) is 5.52. The van der Waals surface area contributed by atoms with E-state index in [1.165, 1.54) is 12.1 Å². The molecule has 0 saturated heterocycles. The van der Waals surface area contributed by atoms with Crippen LogP contribution in [0, 0.1) is 11.3 Å². The average molecular weight is 336 g/mol. The van der Waals surface area contributed by atoms with Crippen molar-refractivity contribution in [2.45, 2.75) is 17.9 Å². The summed E-state index contributed by atoms with van der Waals surface area (Å²) in [5.41, 5.74) is 1.03. The lowest BCUT2D eigenvalue weighted by atomic mass is 10.0. The van der Waals surface area contributed by atoms with Crippen molar-refractivity contribution < 1.29 is 8.42 Å². The number of benzene rings is 3. The van der Waals surface area contributed by atoms with Crippen LogP contribution in [0.4, 0.5) is 0 Å². The average Bonchev–Trinajstić information content (AvgIpc) is 2.60. The van der Waals surface area contributed by atoms with Crippen LogP contribution in [0.1, 0.15) is 24.1 Å². The predicted octanol–water partition coefficient (Wildman–Crippen LogP) is 3.75. The number of rotatable bonds is 4. The summed E-state index contributed by atoms with van der Waals surface area (Å²) < 4.78 is 28.0. The van der Waals surface area contributed by atoms with Gasteiger partial charge in [-0.1, -0.05) is 54.6 Å². The number of sulfonamides is 1. The van der Waals surface area contributed by atoms with Crippen LogP contribution in [0.2, 0.25) is 0 Å². The van der Waals surface area contributed by atoms with E-state index in [0.717, 1.165) is 16.3 Å². The molecule has 4 nitrogen and oxygen atoms in total. The van der Waals surface area contributed by atoms with Gasteiger partial charge < -0.3 is 0 Å². The Balaban J connectivity index is 1.99. The minimum Gasteiger partial charge on any atom is -0.207 e. The molecule has 1 atom stereocenters. The molecule has 0 aliphatic carbocycles. The standard InChI is InChI=1S/C19H16N2O2S/c1-14(17-11-6-9-15-7-2-4-10-18(15)17)21-24(22,23)19-12-5-3-8-16(19)13-20/h2-12,14,21H,1H3/t14-/m0/s1. The minimum atomic E-state index is -3.79. The highest BCUT2D eigenvalue weighted by Crippen LogP contribution is 2.26. The summed E-state index contributed by atoms with van der Waals surface area (Å²) in [5, 5.41) is 11.2. The van der Waals surface area contributed by atoms with Crippen molar-refractivity contribution in [1.29, 1.82) is 5.26 Å². The lowest BCUT2D eigenvalue weighted by Gasteiger charge is -2.17. The van der Waals surface area contributed by atoms with Gasteiger partial charge in [0.15, 0.2) is 0 Å². The molecule has 0 aliphatic rings. The van der Waals surface area contributed by atoms with Gasteiger partial charge in [0.25, 0.3) is 0 Å². The molecule has 3 rings (SSSR count). The van der Waals surface area contributed by atoms with E-state index in [9.17, 15) is 8.42 Å². The molecule has 0 amide bonds. The van der Waals surface area contributed by atoms with Gasteiger partial charge in [0.1, 0.15) is 6.07 Å². The van der Waals surface area contributed by atoms with Crippen LogP contribution in [0.3, 0.4) is 0 Å². The molecule has 120 valence electrons. The largest absolute Gasteiger partial charge is 0.242 e. The van der Waals surface area contributed by atoms with E-state index in [2.05, 4.69) is 4.72 Å². The van der Waals surface area contributed by atoms with Crippen molar-refractivity contribution in [3.05, 3.63) is 77.9 Å². The summed E-state index contributed by atoms with van der Waals surface area (Å²) in [6, 6.07) is 21.3. The minimum absolute atomic E-state index is 0.000383. The summed E-state index contributed by atoms with van der Waals surface area (Å²) in [5.74, 6) is 0. The van der Waals surface area contributed by atoms with E-state index >= 15 is 0 Å². The third-order valence-corrected chi connectivity index (χ3v) is 5.52. The molecule has 0 saturated carbocycles. The Kier molecular flexibility index (Phi) is 4.34. The zero-order valence-electron chi connectivity index (χ0n) is 13.1. The first-order chi connectivity index (χ1) is 11.5. The Labute approximate surface area is 141 Å². The number of nitriles is 1.